The Morgan fingerprint density at radius 2 is 2.11 bits per heavy atom. The molecule has 54 valence electrons. The van der Waals surface area contributed by atoms with E-state index in [0.29, 0.717) is 0 Å². The van der Waals surface area contributed by atoms with Crippen LogP contribution in [0.2, 0.25) is 0 Å². The van der Waals surface area contributed by atoms with Gasteiger partial charge in [0.1, 0.15) is 0 Å². The van der Waals surface area contributed by atoms with Crippen LogP contribution in [0.3, 0.4) is 0 Å². The molecule has 0 radical (unpaired) electrons. The molecule has 2 nitrogen and oxygen atoms in total. The molecule has 0 aromatic heterocycles. The Balaban J connectivity index is 3.54. The summed E-state index contributed by atoms with van der Waals surface area (Å²) in [5, 5.41) is 8.87. The normalized spacial score (nSPS) is 9.11. The van der Waals surface area contributed by atoms with E-state index in [4.69, 9.17) is 5.11 Å². The third kappa shape index (κ3) is 3.01. The highest BCUT2D eigenvalue weighted by atomic mass is 16.3. The molecular formula is C7H15NO. The van der Waals surface area contributed by atoms with Gasteiger partial charge in [-0.3, -0.25) is 0 Å². The van der Waals surface area contributed by atoms with Crippen LogP contribution in [0.25, 0.3) is 0 Å². The third-order valence-corrected chi connectivity index (χ3v) is 1.24. The number of rotatable bonds is 4. The highest BCUT2D eigenvalue weighted by Gasteiger charge is 1.98. The maximum Gasteiger partial charge on any atom is 0.179 e. The second kappa shape index (κ2) is 4.24. The second-order valence-corrected chi connectivity index (χ2v) is 2.00. The average Bonchev–Trinajstić information content (AvgIpc) is 1.82. The Kier molecular flexibility index (Phi) is 3.93. The SMILES string of the molecule is C=C(O)N(CC)CCC. The third-order valence-electron chi connectivity index (χ3n) is 1.24. The second-order valence-electron chi connectivity index (χ2n) is 2.00. The first-order chi connectivity index (χ1) is 4.22. The summed E-state index contributed by atoms with van der Waals surface area (Å²) in [5.74, 6) is 0.180. The Hall–Kier alpha value is -0.660. The molecule has 0 rings (SSSR count). The van der Waals surface area contributed by atoms with Crippen molar-refractivity contribution in [2.45, 2.75) is 20.3 Å². The van der Waals surface area contributed by atoms with Crippen molar-refractivity contribution in [3.8, 4) is 0 Å². The fourth-order valence-electron chi connectivity index (χ4n) is 0.740. The lowest BCUT2D eigenvalue weighted by Crippen LogP contribution is -2.22. The van der Waals surface area contributed by atoms with Crippen molar-refractivity contribution in [2.75, 3.05) is 13.1 Å². The molecule has 0 aromatic rings. The standard InChI is InChI=1S/C7H15NO/c1-4-6-8(5-2)7(3)9/h9H,3-6H2,1-2H3. The number of hydrogen-bond donors (Lipinski definition) is 1. The molecule has 1 N–H and O–H groups in total. The number of hydrogen-bond acceptors (Lipinski definition) is 2. The van der Waals surface area contributed by atoms with Crippen molar-refractivity contribution in [1.82, 2.24) is 4.90 Å². The molecule has 0 fully saturated rings. The Morgan fingerprint density at radius 1 is 1.56 bits per heavy atom. The Bertz CT molecular complexity index is 90.9. The molecule has 0 bridgehead atoms. The lowest BCUT2D eigenvalue weighted by Gasteiger charge is -2.19. The summed E-state index contributed by atoms with van der Waals surface area (Å²) in [4.78, 5) is 1.83. The van der Waals surface area contributed by atoms with Crippen molar-refractivity contribution < 1.29 is 5.11 Å². The molecule has 0 amide bonds. The van der Waals surface area contributed by atoms with Crippen LogP contribution in [0, 0.1) is 0 Å². The van der Waals surface area contributed by atoms with Gasteiger partial charge in [0.25, 0.3) is 0 Å². The van der Waals surface area contributed by atoms with Crippen LogP contribution in [0.5, 0.6) is 0 Å². The fourth-order valence-corrected chi connectivity index (χ4v) is 0.740. The first kappa shape index (κ1) is 8.34. The van der Waals surface area contributed by atoms with E-state index in [9.17, 15) is 0 Å². The van der Waals surface area contributed by atoms with E-state index in [1.54, 1.807) is 0 Å². The largest absolute Gasteiger partial charge is 0.495 e. The van der Waals surface area contributed by atoms with Crippen molar-refractivity contribution in [3.05, 3.63) is 12.5 Å². The van der Waals surface area contributed by atoms with Gasteiger partial charge >= 0.3 is 0 Å². The Morgan fingerprint density at radius 3 is 2.22 bits per heavy atom. The zero-order valence-electron chi connectivity index (χ0n) is 6.22. The summed E-state index contributed by atoms with van der Waals surface area (Å²) in [6.07, 6.45) is 1.05. The molecule has 0 spiro atoms. The molecule has 0 unspecified atom stereocenters. The topological polar surface area (TPSA) is 23.5 Å². The van der Waals surface area contributed by atoms with E-state index < -0.39 is 0 Å². The highest BCUT2D eigenvalue weighted by Crippen LogP contribution is 1.96. The minimum absolute atomic E-state index is 0.180. The zero-order valence-corrected chi connectivity index (χ0v) is 6.22. The van der Waals surface area contributed by atoms with Gasteiger partial charge in [-0.25, -0.2) is 0 Å². The van der Waals surface area contributed by atoms with Crippen LogP contribution >= 0.6 is 0 Å². The van der Waals surface area contributed by atoms with E-state index in [1.807, 2.05) is 11.8 Å². The monoisotopic (exact) mass is 129 g/mol. The average molecular weight is 129 g/mol. The predicted molar refractivity (Wildman–Crippen MR) is 39.3 cm³/mol. The van der Waals surface area contributed by atoms with Gasteiger partial charge in [-0.15, -0.1) is 0 Å². The molecule has 2 heteroatoms. The first-order valence-corrected chi connectivity index (χ1v) is 3.35. The van der Waals surface area contributed by atoms with Gasteiger partial charge in [0.2, 0.25) is 0 Å². The van der Waals surface area contributed by atoms with Crippen molar-refractivity contribution in [3.63, 3.8) is 0 Å². The lowest BCUT2D eigenvalue weighted by atomic mass is 10.4. The van der Waals surface area contributed by atoms with E-state index in [2.05, 4.69) is 13.5 Å². The van der Waals surface area contributed by atoms with Gasteiger partial charge in [0.15, 0.2) is 5.88 Å². The molecule has 0 heterocycles. The van der Waals surface area contributed by atoms with E-state index in [1.165, 1.54) is 0 Å². The van der Waals surface area contributed by atoms with Crippen LogP contribution in [0.1, 0.15) is 20.3 Å². The molecule has 0 saturated carbocycles. The van der Waals surface area contributed by atoms with E-state index in [-0.39, 0.29) is 5.88 Å². The molecule has 9 heavy (non-hydrogen) atoms. The van der Waals surface area contributed by atoms with Gasteiger partial charge in [0.05, 0.1) is 0 Å². The minimum atomic E-state index is 0.180. The van der Waals surface area contributed by atoms with Crippen LogP contribution in [0.15, 0.2) is 12.5 Å². The lowest BCUT2D eigenvalue weighted by molar-refractivity contribution is 0.211. The van der Waals surface area contributed by atoms with Crippen LogP contribution in [-0.2, 0) is 0 Å². The molecular weight excluding hydrogens is 114 g/mol. The van der Waals surface area contributed by atoms with Gasteiger partial charge in [-0.2, -0.15) is 0 Å². The van der Waals surface area contributed by atoms with Crippen molar-refractivity contribution >= 4 is 0 Å². The van der Waals surface area contributed by atoms with Gasteiger partial charge in [-0.1, -0.05) is 6.92 Å². The smallest absolute Gasteiger partial charge is 0.179 e. The predicted octanol–water partition coefficient (Wildman–Crippen LogP) is 1.75. The van der Waals surface area contributed by atoms with Gasteiger partial charge in [0, 0.05) is 13.1 Å². The first-order valence-electron chi connectivity index (χ1n) is 3.35. The fraction of sp³-hybridized carbons (Fsp3) is 0.714. The maximum absolute atomic E-state index is 8.87. The zero-order chi connectivity index (χ0) is 7.28. The van der Waals surface area contributed by atoms with Crippen molar-refractivity contribution in [1.29, 1.82) is 0 Å². The number of aliphatic hydroxyl groups excluding tert-OH is 1. The van der Waals surface area contributed by atoms with Crippen LogP contribution < -0.4 is 0 Å². The van der Waals surface area contributed by atoms with E-state index >= 15 is 0 Å². The summed E-state index contributed by atoms with van der Waals surface area (Å²) in [7, 11) is 0. The Labute approximate surface area is 56.8 Å². The van der Waals surface area contributed by atoms with Crippen LogP contribution in [-0.4, -0.2) is 23.1 Å². The summed E-state index contributed by atoms with van der Waals surface area (Å²) in [6, 6.07) is 0. The maximum atomic E-state index is 8.87. The number of aliphatic hydroxyl groups is 1. The number of nitrogens with zero attached hydrogens (tertiary/aromatic N) is 1. The minimum Gasteiger partial charge on any atom is -0.495 e. The molecule has 0 aromatic carbocycles. The quantitative estimate of drug-likeness (QED) is 0.584. The van der Waals surface area contributed by atoms with Crippen molar-refractivity contribution in [2.24, 2.45) is 0 Å². The van der Waals surface area contributed by atoms with Gasteiger partial charge in [-0.05, 0) is 19.9 Å². The molecule has 0 aliphatic heterocycles. The summed E-state index contributed by atoms with van der Waals surface area (Å²) in [6.45, 7) is 9.23. The molecule has 0 saturated heterocycles. The summed E-state index contributed by atoms with van der Waals surface area (Å²) < 4.78 is 0. The highest BCUT2D eigenvalue weighted by molar-refractivity contribution is 4.78. The van der Waals surface area contributed by atoms with E-state index in [0.717, 1.165) is 19.5 Å². The van der Waals surface area contributed by atoms with Gasteiger partial charge < -0.3 is 10.0 Å². The summed E-state index contributed by atoms with van der Waals surface area (Å²) in [5.41, 5.74) is 0. The molecule has 0 aliphatic rings. The van der Waals surface area contributed by atoms with Crippen LogP contribution in [0.4, 0.5) is 0 Å². The molecule has 0 aliphatic carbocycles. The molecule has 0 atom stereocenters. The summed E-state index contributed by atoms with van der Waals surface area (Å²) >= 11 is 0.